The van der Waals surface area contributed by atoms with Gasteiger partial charge in [-0.25, -0.2) is 0 Å². The number of halogens is 1. The zero-order valence-corrected chi connectivity index (χ0v) is 20.3. The van der Waals surface area contributed by atoms with Gasteiger partial charge in [0.25, 0.3) is 5.91 Å². The van der Waals surface area contributed by atoms with E-state index in [1.807, 2.05) is 13.0 Å². The SMILES string of the molecule is CCCCNC(=O)c1c(C)n(CCCC)c2cc(Br)c(O)c(CN3CCCCC3)c12. The van der Waals surface area contributed by atoms with Crippen LogP contribution in [-0.2, 0) is 13.1 Å². The molecular formula is C24H36BrN3O2. The summed E-state index contributed by atoms with van der Waals surface area (Å²) in [5, 5.41) is 15.0. The number of unbranched alkanes of at least 4 members (excludes halogenated alkanes) is 2. The summed E-state index contributed by atoms with van der Waals surface area (Å²) >= 11 is 3.57. The third-order valence-electron chi connectivity index (χ3n) is 6.25. The number of aromatic hydroxyl groups is 1. The second kappa shape index (κ2) is 10.7. The van der Waals surface area contributed by atoms with Crippen molar-refractivity contribution >= 4 is 32.7 Å². The summed E-state index contributed by atoms with van der Waals surface area (Å²) in [4.78, 5) is 15.7. The van der Waals surface area contributed by atoms with E-state index in [2.05, 4.69) is 44.6 Å². The molecule has 1 aromatic carbocycles. The van der Waals surface area contributed by atoms with Gasteiger partial charge >= 0.3 is 0 Å². The lowest BCUT2D eigenvalue weighted by Gasteiger charge is -2.27. The molecule has 2 N–H and O–H groups in total. The number of phenols is 1. The van der Waals surface area contributed by atoms with E-state index in [0.29, 0.717) is 17.6 Å². The number of likely N-dealkylation sites (tertiary alicyclic amines) is 1. The van der Waals surface area contributed by atoms with Crippen LogP contribution in [0.4, 0.5) is 0 Å². The first-order valence-corrected chi connectivity index (χ1v) is 12.3. The number of fused-ring (bicyclic) bond motifs is 1. The van der Waals surface area contributed by atoms with Gasteiger partial charge in [-0.15, -0.1) is 0 Å². The van der Waals surface area contributed by atoms with Gasteiger partial charge in [-0.05, 0) is 67.7 Å². The molecule has 0 aliphatic carbocycles. The Kier molecular flexibility index (Phi) is 8.23. The van der Waals surface area contributed by atoms with Crippen molar-refractivity contribution in [3.63, 3.8) is 0 Å². The first-order valence-electron chi connectivity index (χ1n) is 11.5. The monoisotopic (exact) mass is 477 g/mol. The highest BCUT2D eigenvalue weighted by molar-refractivity contribution is 9.10. The Balaban J connectivity index is 2.14. The molecule has 1 aromatic heterocycles. The number of nitrogens with zero attached hydrogens (tertiary/aromatic N) is 2. The molecule has 30 heavy (non-hydrogen) atoms. The number of benzene rings is 1. The van der Waals surface area contributed by atoms with E-state index in [9.17, 15) is 9.90 Å². The molecule has 0 bridgehead atoms. The van der Waals surface area contributed by atoms with E-state index >= 15 is 0 Å². The van der Waals surface area contributed by atoms with Gasteiger partial charge in [0.1, 0.15) is 5.75 Å². The number of hydrogen-bond donors (Lipinski definition) is 2. The van der Waals surface area contributed by atoms with Crippen molar-refractivity contribution in [1.82, 2.24) is 14.8 Å². The molecule has 6 heteroatoms. The molecule has 0 spiro atoms. The fourth-order valence-electron chi connectivity index (χ4n) is 4.51. The van der Waals surface area contributed by atoms with Crippen molar-refractivity contribution in [3.05, 3.63) is 27.4 Å². The van der Waals surface area contributed by atoms with Crippen LogP contribution in [0.5, 0.6) is 5.75 Å². The summed E-state index contributed by atoms with van der Waals surface area (Å²) in [5.74, 6) is 0.242. The summed E-state index contributed by atoms with van der Waals surface area (Å²) in [6.45, 7) is 10.7. The highest BCUT2D eigenvalue weighted by Crippen LogP contribution is 2.40. The second-order valence-corrected chi connectivity index (χ2v) is 9.35. The summed E-state index contributed by atoms with van der Waals surface area (Å²) in [6, 6.07) is 1.98. The largest absolute Gasteiger partial charge is 0.506 e. The Bertz CT molecular complexity index is 885. The van der Waals surface area contributed by atoms with Crippen LogP contribution in [0, 0.1) is 6.92 Å². The zero-order valence-electron chi connectivity index (χ0n) is 18.7. The average Bonchev–Trinajstić information content (AvgIpc) is 3.01. The molecular weight excluding hydrogens is 442 g/mol. The Morgan fingerprint density at radius 2 is 1.87 bits per heavy atom. The van der Waals surface area contributed by atoms with Crippen molar-refractivity contribution in [2.24, 2.45) is 0 Å². The van der Waals surface area contributed by atoms with Crippen LogP contribution in [0.2, 0.25) is 0 Å². The molecule has 0 saturated carbocycles. The standard InChI is InChI=1S/C24H36BrN3O2/c1-4-6-11-26-24(30)21-17(3)28(14-7-5-2)20-15-19(25)23(29)18(22(20)21)16-27-12-9-8-10-13-27/h15,29H,4-14,16H2,1-3H3,(H,26,30). The van der Waals surface area contributed by atoms with Gasteiger partial charge in [-0.3, -0.25) is 9.69 Å². The number of carbonyl (C=O) groups is 1. The topological polar surface area (TPSA) is 57.5 Å². The Morgan fingerprint density at radius 3 is 2.53 bits per heavy atom. The van der Waals surface area contributed by atoms with Crippen molar-refractivity contribution in [2.75, 3.05) is 19.6 Å². The van der Waals surface area contributed by atoms with E-state index in [0.717, 1.165) is 73.0 Å². The average molecular weight is 478 g/mol. The number of aromatic nitrogens is 1. The predicted octanol–water partition coefficient (Wildman–Crippen LogP) is 5.73. The second-order valence-electron chi connectivity index (χ2n) is 8.49. The van der Waals surface area contributed by atoms with Crippen molar-refractivity contribution in [2.45, 2.75) is 78.8 Å². The van der Waals surface area contributed by atoms with Gasteiger partial charge in [-0.2, -0.15) is 0 Å². The number of phenolic OH excluding ortho intramolecular Hbond substituents is 1. The van der Waals surface area contributed by atoms with E-state index in [-0.39, 0.29) is 11.7 Å². The maximum Gasteiger partial charge on any atom is 0.253 e. The van der Waals surface area contributed by atoms with Gasteiger partial charge in [0.2, 0.25) is 0 Å². The quantitative estimate of drug-likeness (QED) is 0.453. The summed E-state index contributed by atoms with van der Waals surface area (Å²) < 4.78 is 2.97. The molecule has 1 aliphatic heterocycles. The molecule has 3 rings (SSSR count). The van der Waals surface area contributed by atoms with Crippen LogP contribution in [-0.4, -0.2) is 40.1 Å². The van der Waals surface area contributed by atoms with Gasteiger partial charge in [-0.1, -0.05) is 33.1 Å². The Labute approximate surface area is 188 Å². The zero-order chi connectivity index (χ0) is 21.7. The fraction of sp³-hybridized carbons (Fsp3) is 0.625. The number of aryl methyl sites for hydroxylation is 1. The third kappa shape index (κ3) is 4.86. The number of nitrogens with one attached hydrogen (secondary N) is 1. The van der Waals surface area contributed by atoms with Crippen LogP contribution in [0.25, 0.3) is 10.9 Å². The minimum absolute atomic E-state index is 0.0252. The molecule has 1 amide bonds. The lowest BCUT2D eigenvalue weighted by atomic mass is 10.0. The normalized spacial score (nSPS) is 15.1. The molecule has 0 atom stereocenters. The molecule has 166 valence electrons. The maximum absolute atomic E-state index is 13.3. The molecule has 2 aromatic rings. The lowest BCUT2D eigenvalue weighted by molar-refractivity contribution is 0.0954. The Hall–Kier alpha value is -1.53. The number of rotatable bonds is 9. The minimum Gasteiger partial charge on any atom is -0.506 e. The van der Waals surface area contributed by atoms with Gasteiger partial charge in [0.05, 0.1) is 15.6 Å². The first-order chi connectivity index (χ1) is 14.5. The number of piperidine rings is 1. The van der Waals surface area contributed by atoms with E-state index in [4.69, 9.17) is 0 Å². The fourth-order valence-corrected chi connectivity index (χ4v) is 4.97. The van der Waals surface area contributed by atoms with Crippen molar-refractivity contribution in [3.8, 4) is 5.75 Å². The van der Waals surface area contributed by atoms with Crippen LogP contribution < -0.4 is 5.32 Å². The van der Waals surface area contributed by atoms with E-state index in [1.54, 1.807) is 0 Å². The minimum atomic E-state index is -0.0252. The molecule has 0 unspecified atom stereocenters. The number of carbonyl (C=O) groups excluding carboxylic acids is 1. The molecule has 1 fully saturated rings. The van der Waals surface area contributed by atoms with Crippen LogP contribution in [0.15, 0.2) is 10.5 Å². The predicted molar refractivity (Wildman–Crippen MR) is 127 cm³/mol. The third-order valence-corrected chi connectivity index (χ3v) is 6.85. The van der Waals surface area contributed by atoms with E-state index in [1.165, 1.54) is 19.3 Å². The summed E-state index contributed by atoms with van der Waals surface area (Å²) in [7, 11) is 0. The maximum atomic E-state index is 13.3. The van der Waals surface area contributed by atoms with Gasteiger partial charge in [0, 0.05) is 36.3 Å². The van der Waals surface area contributed by atoms with Gasteiger partial charge in [0.15, 0.2) is 0 Å². The smallest absolute Gasteiger partial charge is 0.253 e. The summed E-state index contributed by atoms with van der Waals surface area (Å²) in [6.07, 6.45) is 7.83. The lowest BCUT2D eigenvalue weighted by Crippen LogP contribution is -2.29. The highest BCUT2D eigenvalue weighted by atomic mass is 79.9. The molecule has 2 heterocycles. The van der Waals surface area contributed by atoms with Crippen molar-refractivity contribution in [1.29, 1.82) is 0 Å². The van der Waals surface area contributed by atoms with Crippen LogP contribution in [0.1, 0.15) is 80.4 Å². The van der Waals surface area contributed by atoms with Crippen molar-refractivity contribution < 1.29 is 9.90 Å². The summed E-state index contributed by atoms with van der Waals surface area (Å²) in [5.41, 5.74) is 3.63. The first kappa shape index (κ1) is 23.1. The van der Waals surface area contributed by atoms with Gasteiger partial charge < -0.3 is 15.0 Å². The van der Waals surface area contributed by atoms with Crippen LogP contribution in [0.3, 0.4) is 0 Å². The van der Waals surface area contributed by atoms with E-state index < -0.39 is 0 Å². The molecule has 1 saturated heterocycles. The Morgan fingerprint density at radius 1 is 1.17 bits per heavy atom. The number of amides is 1. The molecule has 5 nitrogen and oxygen atoms in total. The molecule has 0 radical (unpaired) electrons. The van der Waals surface area contributed by atoms with Crippen LogP contribution >= 0.6 is 15.9 Å². The number of hydrogen-bond acceptors (Lipinski definition) is 3. The molecule has 1 aliphatic rings. The highest BCUT2D eigenvalue weighted by Gasteiger charge is 2.26.